The van der Waals surface area contributed by atoms with Gasteiger partial charge in [0.25, 0.3) is 5.24 Å². The highest BCUT2D eigenvalue weighted by molar-refractivity contribution is 14.1. The smallest absolute Gasteiger partial charge is 0.252 e. The molecule has 19 heavy (non-hydrogen) atoms. The third-order valence-corrected chi connectivity index (χ3v) is 4.71. The monoisotopic (exact) mass is 399 g/mol. The van der Waals surface area contributed by atoms with E-state index in [-0.39, 0.29) is 0 Å². The second-order valence-corrected chi connectivity index (χ2v) is 6.60. The first kappa shape index (κ1) is 13.0. The second-order valence-electron chi connectivity index (χ2n) is 3.98. The predicted octanol–water partition coefficient (Wildman–Crippen LogP) is 4.95. The Labute approximate surface area is 132 Å². The quantitative estimate of drug-likeness (QED) is 0.451. The number of thiazole rings is 1. The average Bonchev–Trinajstić information content (AvgIpc) is 2.82. The molecule has 0 spiro atoms. The SMILES string of the molecule is O=C(Cl)c1ccc2nc(-c3ccc(I)cc3)sc2c1. The van der Waals surface area contributed by atoms with E-state index in [0.717, 1.165) is 20.8 Å². The van der Waals surface area contributed by atoms with E-state index < -0.39 is 5.24 Å². The Bertz CT molecular complexity index is 767. The van der Waals surface area contributed by atoms with Crippen LogP contribution in [0.1, 0.15) is 10.4 Å². The van der Waals surface area contributed by atoms with Gasteiger partial charge >= 0.3 is 0 Å². The molecule has 0 aliphatic heterocycles. The average molecular weight is 400 g/mol. The number of carbonyl (C=O) groups excluding carboxylic acids is 1. The van der Waals surface area contributed by atoms with Crippen LogP contribution < -0.4 is 0 Å². The number of hydrogen-bond donors (Lipinski definition) is 0. The van der Waals surface area contributed by atoms with Crippen molar-refractivity contribution < 1.29 is 4.79 Å². The predicted molar refractivity (Wildman–Crippen MR) is 88.0 cm³/mol. The molecule has 0 aliphatic carbocycles. The molecule has 0 unspecified atom stereocenters. The summed E-state index contributed by atoms with van der Waals surface area (Å²) in [6, 6.07) is 13.5. The van der Waals surface area contributed by atoms with Gasteiger partial charge in [-0.3, -0.25) is 4.79 Å². The van der Waals surface area contributed by atoms with Crippen molar-refractivity contribution in [3.63, 3.8) is 0 Å². The van der Waals surface area contributed by atoms with Gasteiger partial charge in [-0.25, -0.2) is 4.98 Å². The standard InChI is InChI=1S/C14H7ClINOS/c15-13(18)9-3-6-11-12(7-9)19-14(17-11)8-1-4-10(16)5-2-8/h1-7H. The summed E-state index contributed by atoms with van der Waals surface area (Å²) in [5.41, 5.74) is 2.48. The maximum atomic E-state index is 11.2. The number of benzene rings is 2. The van der Waals surface area contributed by atoms with E-state index in [9.17, 15) is 4.79 Å². The van der Waals surface area contributed by atoms with Crippen molar-refractivity contribution in [1.29, 1.82) is 0 Å². The molecule has 2 nitrogen and oxygen atoms in total. The Morgan fingerprint density at radius 3 is 2.58 bits per heavy atom. The highest BCUT2D eigenvalue weighted by atomic mass is 127. The van der Waals surface area contributed by atoms with E-state index in [2.05, 4.69) is 39.7 Å². The molecular formula is C14H7ClINOS. The van der Waals surface area contributed by atoms with Gasteiger partial charge in [0.05, 0.1) is 10.2 Å². The zero-order valence-corrected chi connectivity index (χ0v) is 13.3. The first-order valence-corrected chi connectivity index (χ1v) is 7.77. The first-order valence-electron chi connectivity index (χ1n) is 5.50. The third-order valence-electron chi connectivity index (χ3n) is 2.71. The minimum atomic E-state index is -0.439. The van der Waals surface area contributed by atoms with E-state index in [0.29, 0.717) is 5.56 Å². The van der Waals surface area contributed by atoms with Crippen molar-refractivity contribution in [1.82, 2.24) is 4.98 Å². The van der Waals surface area contributed by atoms with Crippen LogP contribution in [0.25, 0.3) is 20.8 Å². The summed E-state index contributed by atoms with van der Waals surface area (Å²) >= 11 is 9.33. The molecule has 1 heterocycles. The van der Waals surface area contributed by atoms with Gasteiger partial charge in [0.1, 0.15) is 5.01 Å². The zero-order chi connectivity index (χ0) is 13.4. The van der Waals surface area contributed by atoms with E-state index in [1.807, 2.05) is 18.2 Å². The second kappa shape index (κ2) is 5.19. The molecule has 1 aromatic heterocycles. The summed E-state index contributed by atoms with van der Waals surface area (Å²) < 4.78 is 2.16. The molecule has 0 bridgehead atoms. The molecule has 5 heteroatoms. The number of carbonyl (C=O) groups is 1. The fraction of sp³-hybridized carbons (Fsp3) is 0. The van der Waals surface area contributed by atoms with Crippen molar-refractivity contribution in [2.45, 2.75) is 0 Å². The zero-order valence-electron chi connectivity index (χ0n) is 9.56. The van der Waals surface area contributed by atoms with Gasteiger partial charge in [-0.05, 0) is 64.5 Å². The summed E-state index contributed by atoms with van der Waals surface area (Å²) in [7, 11) is 0. The van der Waals surface area contributed by atoms with Gasteiger partial charge in [0.15, 0.2) is 0 Å². The van der Waals surface area contributed by atoms with Gasteiger partial charge < -0.3 is 0 Å². The van der Waals surface area contributed by atoms with Crippen molar-refractivity contribution in [2.24, 2.45) is 0 Å². The Morgan fingerprint density at radius 2 is 1.89 bits per heavy atom. The lowest BCUT2D eigenvalue weighted by Gasteiger charge is -1.94. The van der Waals surface area contributed by atoms with E-state index >= 15 is 0 Å². The molecule has 0 saturated heterocycles. The maximum Gasteiger partial charge on any atom is 0.252 e. The molecule has 2 aromatic carbocycles. The molecule has 94 valence electrons. The van der Waals surface area contributed by atoms with Gasteiger partial charge in [0, 0.05) is 14.7 Å². The summed E-state index contributed by atoms with van der Waals surface area (Å²) in [5, 5.41) is 0.511. The van der Waals surface area contributed by atoms with Crippen LogP contribution in [0.5, 0.6) is 0 Å². The lowest BCUT2D eigenvalue weighted by atomic mass is 10.2. The molecule has 3 rings (SSSR count). The summed E-state index contributed by atoms with van der Waals surface area (Å²) in [4.78, 5) is 15.7. The van der Waals surface area contributed by atoms with Gasteiger partial charge in [-0.15, -0.1) is 11.3 Å². The van der Waals surface area contributed by atoms with Crippen molar-refractivity contribution in [2.75, 3.05) is 0 Å². The number of halogens is 2. The van der Waals surface area contributed by atoms with Gasteiger partial charge in [-0.2, -0.15) is 0 Å². The van der Waals surface area contributed by atoms with Crippen LogP contribution in [0.2, 0.25) is 0 Å². The molecule has 0 fully saturated rings. The molecule has 0 amide bonds. The first-order chi connectivity index (χ1) is 9.13. The van der Waals surface area contributed by atoms with Crippen LogP contribution >= 0.6 is 45.5 Å². The lowest BCUT2D eigenvalue weighted by Crippen LogP contribution is -1.86. The highest BCUT2D eigenvalue weighted by Crippen LogP contribution is 2.31. The molecule has 0 radical (unpaired) electrons. The fourth-order valence-corrected chi connectivity index (χ4v) is 3.25. The normalized spacial score (nSPS) is 10.8. The largest absolute Gasteiger partial charge is 0.276 e. The van der Waals surface area contributed by atoms with Crippen molar-refractivity contribution in [3.05, 3.63) is 51.6 Å². The summed E-state index contributed by atoms with van der Waals surface area (Å²) in [5.74, 6) is 0. The van der Waals surface area contributed by atoms with E-state index in [1.165, 1.54) is 3.57 Å². The number of nitrogens with zero attached hydrogens (tertiary/aromatic N) is 1. The number of rotatable bonds is 2. The van der Waals surface area contributed by atoms with Crippen molar-refractivity contribution >= 4 is 61.0 Å². The molecule has 3 aromatic rings. The Hall–Kier alpha value is -0.980. The van der Waals surface area contributed by atoms with Crippen LogP contribution in [0.4, 0.5) is 0 Å². The van der Waals surface area contributed by atoms with Gasteiger partial charge in [0.2, 0.25) is 0 Å². The van der Waals surface area contributed by atoms with E-state index in [1.54, 1.807) is 23.5 Å². The molecule has 0 saturated carbocycles. The minimum absolute atomic E-state index is 0.439. The number of aromatic nitrogens is 1. The van der Waals surface area contributed by atoms with Crippen LogP contribution in [0.3, 0.4) is 0 Å². The maximum absolute atomic E-state index is 11.2. The number of fused-ring (bicyclic) bond motifs is 1. The lowest BCUT2D eigenvalue weighted by molar-refractivity contribution is 0.108. The fourth-order valence-electron chi connectivity index (χ4n) is 1.76. The highest BCUT2D eigenvalue weighted by Gasteiger charge is 2.09. The van der Waals surface area contributed by atoms with Crippen LogP contribution in [-0.2, 0) is 0 Å². The van der Waals surface area contributed by atoms with Crippen LogP contribution in [-0.4, -0.2) is 10.2 Å². The molecular weight excluding hydrogens is 393 g/mol. The van der Waals surface area contributed by atoms with Crippen LogP contribution in [0.15, 0.2) is 42.5 Å². The van der Waals surface area contributed by atoms with Crippen LogP contribution in [0, 0.1) is 3.57 Å². The summed E-state index contributed by atoms with van der Waals surface area (Å²) in [6.07, 6.45) is 0. The van der Waals surface area contributed by atoms with E-state index in [4.69, 9.17) is 11.6 Å². The Balaban J connectivity index is 2.11. The Morgan fingerprint density at radius 1 is 1.16 bits per heavy atom. The molecule has 0 atom stereocenters. The molecule has 0 N–H and O–H groups in total. The topological polar surface area (TPSA) is 30.0 Å². The third kappa shape index (κ3) is 2.66. The Kier molecular flexibility index (Phi) is 3.56. The molecule has 0 aliphatic rings. The van der Waals surface area contributed by atoms with Gasteiger partial charge in [-0.1, -0.05) is 12.1 Å². The number of hydrogen-bond acceptors (Lipinski definition) is 3. The summed E-state index contributed by atoms with van der Waals surface area (Å²) in [6.45, 7) is 0. The van der Waals surface area contributed by atoms with Crippen molar-refractivity contribution in [3.8, 4) is 10.6 Å². The minimum Gasteiger partial charge on any atom is -0.276 e.